The number of nitrogens with one attached hydrogen (secondary N) is 1. The zero-order valence-electron chi connectivity index (χ0n) is 14.5. The summed E-state index contributed by atoms with van der Waals surface area (Å²) in [6.45, 7) is 3.22. The van der Waals surface area contributed by atoms with Crippen LogP contribution in [0.25, 0.3) is 0 Å². The number of carbonyl (C=O) groups excluding carboxylic acids is 1. The van der Waals surface area contributed by atoms with Gasteiger partial charge >= 0.3 is 6.09 Å². The van der Waals surface area contributed by atoms with E-state index in [1.807, 2.05) is 37.3 Å². The summed E-state index contributed by atoms with van der Waals surface area (Å²) in [7, 11) is -3.59. The van der Waals surface area contributed by atoms with Crippen LogP contribution in [0.2, 0.25) is 0 Å². The highest BCUT2D eigenvalue weighted by Gasteiger charge is 2.36. The first-order valence-electron chi connectivity index (χ1n) is 8.47. The van der Waals surface area contributed by atoms with Crippen molar-refractivity contribution in [3.8, 4) is 0 Å². The quantitative estimate of drug-likeness (QED) is 0.830. The normalized spacial score (nSPS) is 17.3. The van der Waals surface area contributed by atoms with Crippen molar-refractivity contribution in [1.82, 2.24) is 14.7 Å². The molecule has 0 spiro atoms. The molecule has 1 amide bonds. The number of aromatic nitrogens is 2. The number of likely N-dealkylation sites (tertiary alicyclic amines) is 1. The highest BCUT2D eigenvalue weighted by Crippen LogP contribution is 2.20. The van der Waals surface area contributed by atoms with Crippen molar-refractivity contribution >= 4 is 21.8 Å². The number of carbonyl (C=O) groups is 1. The van der Waals surface area contributed by atoms with Crippen molar-refractivity contribution in [3.05, 3.63) is 48.3 Å². The summed E-state index contributed by atoms with van der Waals surface area (Å²) in [5, 5.41) is 3.38. The van der Waals surface area contributed by atoms with Gasteiger partial charge in [0.25, 0.3) is 0 Å². The van der Waals surface area contributed by atoms with Gasteiger partial charge in [0.15, 0.2) is 0 Å². The van der Waals surface area contributed by atoms with Crippen LogP contribution >= 0.6 is 0 Å². The van der Waals surface area contributed by atoms with Crippen LogP contribution in [0.1, 0.15) is 18.9 Å². The summed E-state index contributed by atoms with van der Waals surface area (Å²) in [4.78, 5) is 13.6. The van der Waals surface area contributed by atoms with Crippen LogP contribution in [0.15, 0.2) is 42.7 Å². The predicted octanol–water partition coefficient (Wildman–Crippen LogP) is 2.06. The second-order valence-corrected chi connectivity index (χ2v) is 8.09. The Kier molecular flexibility index (Phi) is 5.46. The molecule has 1 aliphatic rings. The molecular formula is C17H22N4O4S. The second kappa shape index (κ2) is 7.77. The molecule has 0 bridgehead atoms. The summed E-state index contributed by atoms with van der Waals surface area (Å²) in [6.07, 6.45) is 2.99. The van der Waals surface area contributed by atoms with Crippen LogP contribution in [0.4, 0.5) is 10.5 Å². The third kappa shape index (κ3) is 4.34. The molecule has 1 aromatic carbocycles. The number of amides is 1. The maximum atomic E-state index is 12.5. The average molecular weight is 378 g/mol. The molecule has 3 rings (SSSR count). The lowest BCUT2D eigenvalue weighted by molar-refractivity contribution is 0.104. The largest absolute Gasteiger partial charge is 0.445 e. The first kappa shape index (κ1) is 18.2. The van der Waals surface area contributed by atoms with Gasteiger partial charge in [0.2, 0.25) is 10.0 Å². The molecule has 1 fully saturated rings. The first-order valence-corrected chi connectivity index (χ1v) is 10.0. The molecule has 0 radical (unpaired) electrons. The van der Waals surface area contributed by atoms with Gasteiger partial charge in [0.05, 0.1) is 17.1 Å². The number of nitrogens with zero attached hydrogens (tertiary/aromatic N) is 3. The lowest BCUT2D eigenvalue weighted by Gasteiger charge is -2.17. The lowest BCUT2D eigenvalue weighted by Crippen LogP contribution is -2.34. The summed E-state index contributed by atoms with van der Waals surface area (Å²) in [5.74, 6) is 0. The summed E-state index contributed by atoms with van der Waals surface area (Å²) in [6, 6.07) is 9.36. The number of rotatable bonds is 6. The second-order valence-electron chi connectivity index (χ2n) is 6.13. The van der Waals surface area contributed by atoms with Crippen molar-refractivity contribution in [3.63, 3.8) is 0 Å². The maximum Gasteiger partial charge on any atom is 0.410 e. The molecule has 9 heteroatoms. The number of hydrogen-bond acceptors (Lipinski definition) is 5. The van der Waals surface area contributed by atoms with Crippen LogP contribution < -0.4 is 4.72 Å². The standard InChI is InChI=1S/C17H22N4O4S/c1-2-21-11-15(10-18-21)19-26(23,24)16-8-9-20(12-16)17(22)25-13-14-6-4-3-5-7-14/h3-7,10-11,16,19H,2,8-9,12-13H2,1H3. The fourth-order valence-electron chi connectivity index (χ4n) is 2.79. The predicted molar refractivity (Wildman–Crippen MR) is 97.0 cm³/mol. The van der Waals surface area contributed by atoms with E-state index in [9.17, 15) is 13.2 Å². The first-order chi connectivity index (χ1) is 12.5. The SMILES string of the molecule is CCn1cc(NS(=O)(=O)C2CCN(C(=O)OCc3ccccc3)C2)cn1. The van der Waals surface area contributed by atoms with Crippen LogP contribution in [0.3, 0.4) is 0 Å². The van der Waals surface area contributed by atoms with E-state index in [2.05, 4.69) is 9.82 Å². The molecule has 0 aliphatic carbocycles. The third-order valence-corrected chi connectivity index (χ3v) is 6.05. The fourth-order valence-corrected chi connectivity index (χ4v) is 4.19. The molecule has 1 unspecified atom stereocenters. The Morgan fingerprint density at radius 1 is 1.35 bits per heavy atom. The minimum Gasteiger partial charge on any atom is -0.445 e. The number of benzene rings is 1. The summed E-state index contributed by atoms with van der Waals surface area (Å²) < 4.78 is 34.5. The Morgan fingerprint density at radius 3 is 2.81 bits per heavy atom. The van der Waals surface area contributed by atoms with Crippen molar-refractivity contribution in [1.29, 1.82) is 0 Å². The molecule has 1 saturated heterocycles. The zero-order valence-corrected chi connectivity index (χ0v) is 15.4. The summed E-state index contributed by atoms with van der Waals surface area (Å²) in [5.41, 5.74) is 1.32. The van der Waals surface area contributed by atoms with Crippen molar-refractivity contribution in [2.24, 2.45) is 0 Å². The molecule has 2 aromatic rings. The average Bonchev–Trinajstić information content (AvgIpc) is 3.30. The molecule has 1 aliphatic heterocycles. The molecule has 2 heterocycles. The Morgan fingerprint density at radius 2 is 2.12 bits per heavy atom. The topological polar surface area (TPSA) is 93.5 Å². The van der Waals surface area contributed by atoms with Gasteiger partial charge in [0, 0.05) is 25.8 Å². The van der Waals surface area contributed by atoms with Gasteiger partial charge in [-0.25, -0.2) is 13.2 Å². The molecule has 1 atom stereocenters. The molecule has 8 nitrogen and oxygen atoms in total. The minimum atomic E-state index is -3.59. The van der Waals surface area contributed by atoms with Crippen LogP contribution in [0.5, 0.6) is 0 Å². The lowest BCUT2D eigenvalue weighted by atomic mass is 10.2. The van der Waals surface area contributed by atoms with Crippen LogP contribution in [-0.4, -0.2) is 47.5 Å². The molecular weight excluding hydrogens is 356 g/mol. The fraction of sp³-hybridized carbons (Fsp3) is 0.412. The number of aryl methyl sites for hydroxylation is 1. The third-order valence-electron chi connectivity index (χ3n) is 4.26. The highest BCUT2D eigenvalue weighted by molar-refractivity contribution is 7.93. The van der Waals surface area contributed by atoms with Gasteiger partial charge in [-0.3, -0.25) is 9.40 Å². The van der Waals surface area contributed by atoms with E-state index in [1.165, 1.54) is 11.1 Å². The van der Waals surface area contributed by atoms with Gasteiger partial charge in [-0.05, 0) is 18.9 Å². The Balaban J connectivity index is 1.54. The van der Waals surface area contributed by atoms with Gasteiger partial charge < -0.3 is 9.64 Å². The molecule has 26 heavy (non-hydrogen) atoms. The van der Waals surface area contributed by atoms with E-state index < -0.39 is 21.4 Å². The monoisotopic (exact) mass is 378 g/mol. The van der Waals surface area contributed by atoms with Crippen molar-refractivity contribution in [2.75, 3.05) is 17.8 Å². The van der Waals surface area contributed by atoms with E-state index in [4.69, 9.17) is 4.74 Å². The van der Waals surface area contributed by atoms with Crippen LogP contribution in [0, 0.1) is 0 Å². The van der Waals surface area contributed by atoms with E-state index in [1.54, 1.807) is 10.9 Å². The summed E-state index contributed by atoms with van der Waals surface area (Å²) >= 11 is 0. The van der Waals surface area contributed by atoms with E-state index in [-0.39, 0.29) is 13.2 Å². The van der Waals surface area contributed by atoms with Gasteiger partial charge in [0.1, 0.15) is 6.61 Å². The number of ether oxygens (including phenoxy) is 1. The van der Waals surface area contributed by atoms with Gasteiger partial charge in [-0.2, -0.15) is 5.10 Å². The van der Waals surface area contributed by atoms with E-state index in [0.717, 1.165) is 5.56 Å². The zero-order chi connectivity index (χ0) is 18.6. The molecule has 140 valence electrons. The Bertz CT molecular complexity index is 851. The number of sulfonamides is 1. The highest BCUT2D eigenvalue weighted by atomic mass is 32.2. The maximum absolute atomic E-state index is 12.5. The molecule has 0 saturated carbocycles. The number of anilines is 1. The van der Waals surface area contributed by atoms with Crippen molar-refractivity contribution in [2.45, 2.75) is 31.7 Å². The Hall–Kier alpha value is -2.55. The minimum absolute atomic E-state index is 0.116. The van der Waals surface area contributed by atoms with E-state index >= 15 is 0 Å². The Labute approximate surface area is 152 Å². The molecule has 1 aromatic heterocycles. The molecule has 1 N–H and O–H groups in total. The smallest absolute Gasteiger partial charge is 0.410 e. The van der Waals surface area contributed by atoms with Gasteiger partial charge in [-0.15, -0.1) is 0 Å². The van der Waals surface area contributed by atoms with Crippen LogP contribution in [-0.2, 0) is 27.9 Å². The number of hydrogen-bond donors (Lipinski definition) is 1. The van der Waals surface area contributed by atoms with Crippen molar-refractivity contribution < 1.29 is 17.9 Å². The van der Waals surface area contributed by atoms with E-state index in [0.29, 0.717) is 25.2 Å². The van der Waals surface area contributed by atoms with Gasteiger partial charge in [-0.1, -0.05) is 30.3 Å².